The maximum atomic E-state index is 9.28. The lowest BCUT2D eigenvalue weighted by Gasteiger charge is -2.27. The molecular weight excluding hydrogens is 311 g/mol. The lowest BCUT2D eigenvalue weighted by Crippen LogP contribution is -2.51. The van der Waals surface area contributed by atoms with Crippen molar-refractivity contribution < 1.29 is 0 Å². The largest absolute Gasteiger partial charge is 0.382 e. The second-order valence-electron chi connectivity index (χ2n) is 4.73. The van der Waals surface area contributed by atoms with E-state index < -0.39 is 0 Å². The van der Waals surface area contributed by atoms with Crippen molar-refractivity contribution in [2.45, 2.75) is 6.04 Å². The van der Waals surface area contributed by atoms with Crippen molar-refractivity contribution in [3.05, 3.63) is 33.8 Å². The van der Waals surface area contributed by atoms with E-state index in [-0.39, 0.29) is 11.9 Å². The fourth-order valence-electron chi connectivity index (χ4n) is 2.06. The van der Waals surface area contributed by atoms with E-state index in [1.54, 1.807) is 18.2 Å². The molecule has 1 aliphatic rings. The molecular formula is C13H12Cl2N6. The van der Waals surface area contributed by atoms with E-state index in [2.05, 4.69) is 21.8 Å². The van der Waals surface area contributed by atoms with Crippen molar-refractivity contribution in [3.63, 3.8) is 0 Å². The molecule has 0 bridgehead atoms. The number of nitrogens with one attached hydrogen (secondary N) is 2. The number of hydrogen-bond acceptors (Lipinski definition) is 5. The Morgan fingerprint density at radius 3 is 2.76 bits per heavy atom. The van der Waals surface area contributed by atoms with Gasteiger partial charge >= 0.3 is 0 Å². The van der Waals surface area contributed by atoms with Crippen molar-refractivity contribution in [2.75, 3.05) is 24.1 Å². The highest BCUT2D eigenvalue weighted by molar-refractivity contribution is 6.35. The molecule has 8 heteroatoms. The highest BCUT2D eigenvalue weighted by Gasteiger charge is 2.23. The Balaban J connectivity index is 2.04. The first-order valence-electron chi connectivity index (χ1n) is 6.31. The van der Waals surface area contributed by atoms with Crippen LogP contribution in [0.5, 0.6) is 0 Å². The quantitative estimate of drug-likeness (QED) is 0.804. The summed E-state index contributed by atoms with van der Waals surface area (Å²) in [5.41, 5.74) is 6.91. The number of rotatable bonds is 3. The standard InChI is InChI=1S/C13H12Cl2N6/c14-7-1-2-11(10(15)3-7)21-12(17)9(4-16)13(20-21)19-8-5-18-6-8/h1-3,8,18H,5-6,17H2,(H,19,20). The molecule has 1 saturated heterocycles. The minimum atomic E-state index is 0.247. The van der Waals surface area contributed by atoms with E-state index >= 15 is 0 Å². The molecule has 2 heterocycles. The first-order chi connectivity index (χ1) is 10.1. The SMILES string of the molecule is N#Cc1c(NC2CNC2)nn(-c2ccc(Cl)cc2Cl)c1N. The van der Waals surface area contributed by atoms with Crippen molar-refractivity contribution in [3.8, 4) is 11.8 Å². The number of hydrogen-bond donors (Lipinski definition) is 3. The first kappa shape index (κ1) is 14.0. The molecule has 1 aromatic heterocycles. The monoisotopic (exact) mass is 322 g/mol. The summed E-state index contributed by atoms with van der Waals surface area (Å²) in [4.78, 5) is 0. The van der Waals surface area contributed by atoms with E-state index in [0.29, 0.717) is 27.1 Å². The molecule has 1 fully saturated rings. The average molecular weight is 323 g/mol. The van der Waals surface area contributed by atoms with Crippen molar-refractivity contribution in [1.82, 2.24) is 15.1 Å². The molecule has 1 aromatic carbocycles. The molecule has 4 N–H and O–H groups in total. The van der Waals surface area contributed by atoms with Gasteiger partial charge in [-0.05, 0) is 18.2 Å². The van der Waals surface area contributed by atoms with Gasteiger partial charge in [-0.15, -0.1) is 5.10 Å². The molecule has 0 radical (unpaired) electrons. The Morgan fingerprint density at radius 1 is 1.43 bits per heavy atom. The molecule has 0 aliphatic carbocycles. The molecule has 21 heavy (non-hydrogen) atoms. The Bertz CT molecular complexity index is 729. The minimum Gasteiger partial charge on any atom is -0.382 e. The third-order valence-corrected chi connectivity index (χ3v) is 3.83. The summed E-state index contributed by atoms with van der Waals surface area (Å²) in [5.74, 6) is 0.712. The summed E-state index contributed by atoms with van der Waals surface area (Å²) in [6.07, 6.45) is 0. The van der Waals surface area contributed by atoms with Crippen LogP contribution in [0.3, 0.4) is 0 Å². The van der Waals surface area contributed by atoms with Gasteiger partial charge in [0.05, 0.1) is 16.8 Å². The van der Waals surface area contributed by atoms with Gasteiger partial charge in [-0.25, -0.2) is 4.68 Å². The van der Waals surface area contributed by atoms with Gasteiger partial charge in [-0.2, -0.15) is 5.26 Å². The zero-order valence-corrected chi connectivity index (χ0v) is 12.4. The molecule has 0 spiro atoms. The number of nitrogen functional groups attached to an aromatic ring is 1. The van der Waals surface area contributed by atoms with Crippen LogP contribution in [-0.4, -0.2) is 28.9 Å². The Labute approximate surface area is 131 Å². The zero-order chi connectivity index (χ0) is 15.0. The number of halogens is 2. The van der Waals surface area contributed by atoms with Crippen molar-refractivity contribution in [2.24, 2.45) is 0 Å². The van der Waals surface area contributed by atoms with E-state index in [4.69, 9.17) is 28.9 Å². The molecule has 0 amide bonds. The van der Waals surface area contributed by atoms with Crippen LogP contribution in [0.4, 0.5) is 11.6 Å². The molecule has 1 aliphatic heterocycles. The third kappa shape index (κ3) is 2.51. The van der Waals surface area contributed by atoms with Gasteiger partial charge in [0, 0.05) is 18.1 Å². The van der Waals surface area contributed by atoms with Gasteiger partial charge < -0.3 is 16.4 Å². The van der Waals surface area contributed by atoms with Gasteiger partial charge in [0.15, 0.2) is 5.82 Å². The highest BCUT2D eigenvalue weighted by Crippen LogP contribution is 2.30. The minimum absolute atomic E-state index is 0.247. The summed E-state index contributed by atoms with van der Waals surface area (Å²) >= 11 is 12.1. The van der Waals surface area contributed by atoms with Crippen LogP contribution in [0, 0.1) is 11.3 Å². The predicted molar refractivity (Wildman–Crippen MR) is 83.0 cm³/mol. The molecule has 2 aromatic rings. The number of nitriles is 1. The van der Waals surface area contributed by atoms with Crippen LogP contribution in [0.25, 0.3) is 5.69 Å². The van der Waals surface area contributed by atoms with E-state index in [0.717, 1.165) is 13.1 Å². The molecule has 0 saturated carbocycles. The molecule has 3 rings (SSSR count). The summed E-state index contributed by atoms with van der Waals surface area (Å²) in [6, 6.07) is 7.34. The maximum Gasteiger partial charge on any atom is 0.169 e. The Kier molecular flexibility index (Phi) is 3.64. The van der Waals surface area contributed by atoms with Crippen LogP contribution in [0.2, 0.25) is 10.0 Å². The summed E-state index contributed by atoms with van der Waals surface area (Å²) in [7, 11) is 0. The lowest BCUT2D eigenvalue weighted by molar-refractivity contribution is 0.470. The number of aromatic nitrogens is 2. The lowest BCUT2D eigenvalue weighted by atomic mass is 10.2. The van der Waals surface area contributed by atoms with Gasteiger partial charge in [0.2, 0.25) is 0 Å². The fourth-order valence-corrected chi connectivity index (χ4v) is 2.55. The topological polar surface area (TPSA) is 91.7 Å². The van der Waals surface area contributed by atoms with Crippen LogP contribution < -0.4 is 16.4 Å². The maximum absolute atomic E-state index is 9.28. The molecule has 0 atom stereocenters. The Hall–Kier alpha value is -1.94. The third-order valence-electron chi connectivity index (χ3n) is 3.29. The molecule has 0 unspecified atom stereocenters. The van der Waals surface area contributed by atoms with Crippen LogP contribution in [-0.2, 0) is 0 Å². The van der Waals surface area contributed by atoms with E-state index in [1.807, 2.05) is 0 Å². The summed E-state index contributed by atoms with van der Waals surface area (Å²) < 4.78 is 1.45. The number of nitrogens with zero attached hydrogens (tertiary/aromatic N) is 3. The van der Waals surface area contributed by atoms with Gasteiger partial charge in [0.1, 0.15) is 17.5 Å². The number of nitrogens with two attached hydrogens (primary N) is 1. The summed E-state index contributed by atoms with van der Waals surface area (Å²) in [5, 5.41) is 20.9. The summed E-state index contributed by atoms with van der Waals surface area (Å²) in [6.45, 7) is 1.67. The van der Waals surface area contributed by atoms with Crippen molar-refractivity contribution >= 4 is 34.8 Å². The number of benzene rings is 1. The van der Waals surface area contributed by atoms with Gasteiger partial charge in [0.25, 0.3) is 0 Å². The van der Waals surface area contributed by atoms with Crippen molar-refractivity contribution in [1.29, 1.82) is 5.26 Å². The van der Waals surface area contributed by atoms with Crippen LogP contribution >= 0.6 is 23.2 Å². The fraction of sp³-hybridized carbons (Fsp3) is 0.231. The van der Waals surface area contributed by atoms with Crippen LogP contribution in [0.15, 0.2) is 18.2 Å². The van der Waals surface area contributed by atoms with E-state index in [1.165, 1.54) is 4.68 Å². The highest BCUT2D eigenvalue weighted by atomic mass is 35.5. The zero-order valence-electron chi connectivity index (χ0n) is 10.9. The smallest absolute Gasteiger partial charge is 0.169 e. The van der Waals surface area contributed by atoms with E-state index in [9.17, 15) is 5.26 Å². The molecule has 108 valence electrons. The average Bonchev–Trinajstić information content (AvgIpc) is 2.70. The van der Waals surface area contributed by atoms with Gasteiger partial charge in [-0.3, -0.25) is 0 Å². The molecule has 6 nitrogen and oxygen atoms in total. The number of anilines is 2. The second-order valence-corrected chi connectivity index (χ2v) is 5.57. The van der Waals surface area contributed by atoms with Gasteiger partial charge in [-0.1, -0.05) is 23.2 Å². The Morgan fingerprint density at radius 2 is 2.19 bits per heavy atom. The second kappa shape index (κ2) is 5.45. The van der Waals surface area contributed by atoms with Crippen LogP contribution in [0.1, 0.15) is 5.56 Å². The normalized spacial score (nSPS) is 14.5. The predicted octanol–water partition coefficient (Wildman–Crippen LogP) is 2.02. The first-order valence-corrected chi connectivity index (χ1v) is 7.07.